The minimum absolute atomic E-state index is 0.0144. The van der Waals surface area contributed by atoms with E-state index in [4.69, 9.17) is 9.63 Å². The van der Waals surface area contributed by atoms with E-state index in [2.05, 4.69) is 25.0 Å². The number of amides is 4. The molecule has 0 saturated carbocycles. The first kappa shape index (κ1) is 31.2. The van der Waals surface area contributed by atoms with Gasteiger partial charge < -0.3 is 30.4 Å². The lowest BCUT2D eigenvalue weighted by atomic mass is 10.3. The highest BCUT2D eigenvalue weighted by atomic mass is 32.2. The predicted octanol–water partition coefficient (Wildman–Crippen LogP) is -1.23. The molecule has 0 bridgehead atoms. The van der Waals surface area contributed by atoms with Crippen LogP contribution >= 0.6 is 19.6 Å². The van der Waals surface area contributed by atoms with Crippen LogP contribution in [0.15, 0.2) is 0 Å². The lowest BCUT2D eigenvalue weighted by molar-refractivity contribution is -0.138. The van der Waals surface area contributed by atoms with Crippen molar-refractivity contribution in [2.24, 2.45) is 0 Å². The van der Waals surface area contributed by atoms with E-state index < -0.39 is 31.8 Å². The molecule has 0 aromatic carbocycles. The molecule has 3 unspecified atom stereocenters. The molecule has 0 aromatic heterocycles. The molecule has 0 aliphatic carbocycles. The van der Waals surface area contributed by atoms with Gasteiger partial charge in [0.2, 0.25) is 23.6 Å². The highest BCUT2D eigenvalue weighted by Gasteiger charge is 2.38. The number of aldehydes is 1. The highest BCUT2D eigenvalue weighted by molar-refractivity contribution is 8.00. The fourth-order valence-electron chi connectivity index (χ4n) is 2.77. The summed E-state index contributed by atoms with van der Waals surface area (Å²) in [5.41, 5.74) is 0. The Morgan fingerprint density at radius 2 is 1.97 bits per heavy atom. The molecule has 0 aromatic rings. The fraction of sp³-hybridized carbons (Fsp3) is 0.737. The molecule has 0 spiro atoms. The zero-order valence-corrected chi connectivity index (χ0v) is 21.4. The van der Waals surface area contributed by atoms with Crippen LogP contribution in [0.25, 0.3) is 0 Å². The second-order valence-corrected chi connectivity index (χ2v) is 10.1. The molecule has 3 atom stereocenters. The molecule has 1 saturated heterocycles. The Labute approximate surface area is 207 Å². The van der Waals surface area contributed by atoms with Crippen molar-refractivity contribution in [3.8, 4) is 0 Å². The Morgan fingerprint density at radius 3 is 2.63 bits per heavy atom. The molecule has 200 valence electrons. The van der Waals surface area contributed by atoms with Gasteiger partial charge in [-0.3, -0.25) is 33.1 Å². The Kier molecular flexibility index (Phi) is 14.9. The maximum absolute atomic E-state index is 12.4. The lowest BCUT2D eigenvalue weighted by Crippen LogP contribution is -2.36. The third-order valence-corrected chi connectivity index (χ3v) is 7.00. The molecule has 1 heterocycles. The van der Waals surface area contributed by atoms with Crippen LogP contribution in [0.3, 0.4) is 0 Å². The summed E-state index contributed by atoms with van der Waals surface area (Å²) in [6.45, 7) is 0.216. The number of likely N-dealkylation sites (tertiary alicyclic amines) is 1. The van der Waals surface area contributed by atoms with Crippen molar-refractivity contribution in [1.82, 2.24) is 20.9 Å². The van der Waals surface area contributed by atoms with Crippen LogP contribution in [0.2, 0.25) is 0 Å². The number of carbonyl (C=O) groups is 5. The van der Waals surface area contributed by atoms with Crippen molar-refractivity contribution in [3.63, 3.8) is 0 Å². The number of phosphoric ester groups is 1. The van der Waals surface area contributed by atoms with Gasteiger partial charge in [-0.1, -0.05) is 0 Å². The molecule has 35 heavy (non-hydrogen) atoms. The van der Waals surface area contributed by atoms with Crippen LogP contribution in [0.1, 0.15) is 25.7 Å². The maximum atomic E-state index is 12.4. The second-order valence-electron chi connectivity index (χ2n) is 7.28. The van der Waals surface area contributed by atoms with Crippen molar-refractivity contribution in [2.45, 2.75) is 37.0 Å². The van der Waals surface area contributed by atoms with Crippen LogP contribution in [-0.2, 0) is 42.3 Å². The number of nitrogens with one attached hydrogen (secondary N) is 3. The first-order valence-electron chi connectivity index (χ1n) is 10.9. The van der Waals surface area contributed by atoms with E-state index in [9.17, 15) is 28.5 Å². The predicted molar refractivity (Wildman–Crippen MR) is 125 cm³/mol. The molecule has 4 amide bonds. The number of hydrogen-bond donors (Lipinski definition) is 4. The number of likely N-dealkylation sites (N-methyl/N-ethyl adjacent to an activating group) is 1. The van der Waals surface area contributed by atoms with Gasteiger partial charge >= 0.3 is 7.82 Å². The smallest absolute Gasteiger partial charge is 0.380 e. The monoisotopic (exact) mass is 540 g/mol. The van der Waals surface area contributed by atoms with Gasteiger partial charge in [0.15, 0.2) is 0 Å². The maximum Gasteiger partial charge on any atom is 0.473 e. The number of rotatable bonds is 19. The second kappa shape index (κ2) is 16.7. The number of carbonyl (C=O) groups excluding carboxylic acids is 5. The highest BCUT2D eigenvalue weighted by Crippen LogP contribution is 2.41. The summed E-state index contributed by atoms with van der Waals surface area (Å²) in [4.78, 5) is 69.0. The van der Waals surface area contributed by atoms with Gasteiger partial charge in [-0.15, -0.1) is 11.8 Å². The number of thioether (sulfide) groups is 1. The summed E-state index contributed by atoms with van der Waals surface area (Å²) in [7, 11) is -1.49. The lowest BCUT2D eigenvalue weighted by Gasteiger charge is -2.15. The summed E-state index contributed by atoms with van der Waals surface area (Å²) in [5.74, 6) is -1.04. The van der Waals surface area contributed by atoms with E-state index >= 15 is 0 Å². The van der Waals surface area contributed by atoms with E-state index in [0.717, 1.165) is 18.3 Å². The molecule has 4 N–H and O–H groups in total. The SMILES string of the molecule is CNC(C=O)CSC1CC(=O)N(CCC(=O)NCCOCCCC(=O)NCOP(=O)(O)OC)C1=O. The third-order valence-electron chi connectivity index (χ3n) is 4.77. The number of ether oxygens (including phenoxy) is 1. The minimum Gasteiger partial charge on any atom is -0.380 e. The van der Waals surface area contributed by atoms with Gasteiger partial charge in [0, 0.05) is 51.8 Å². The van der Waals surface area contributed by atoms with E-state index in [-0.39, 0.29) is 63.3 Å². The summed E-state index contributed by atoms with van der Waals surface area (Å²) in [6.07, 6.45) is 1.26. The van der Waals surface area contributed by atoms with Crippen LogP contribution in [-0.4, -0.2) is 104 Å². The quantitative estimate of drug-likeness (QED) is 0.0503. The first-order valence-corrected chi connectivity index (χ1v) is 13.4. The molecule has 1 fully saturated rings. The van der Waals surface area contributed by atoms with Gasteiger partial charge in [0.25, 0.3) is 0 Å². The van der Waals surface area contributed by atoms with Crippen molar-refractivity contribution < 1.29 is 47.2 Å². The van der Waals surface area contributed by atoms with E-state index in [1.165, 1.54) is 11.8 Å². The molecule has 16 heteroatoms. The summed E-state index contributed by atoms with van der Waals surface area (Å²) >= 11 is 1.24. The van der Waals surface area contributed by atoms with Gasteiger partial charge in [-0.05, 0) is 13.5 Å². The Morgan fingerprint density at radius 1 is 1.26 bits per heavy atom. The minimum atomic E-state index is -4.13. The van der Waals surface area contributed by atoms with Crippen LogP contribution in [0.4, 0.5) is 0 Å². The van der Waals surface area contributed by atoms with Gasteiger partial charge in [-0.25, -0.2) is 4.57 Å². The zero-order chi connectivity index (χ0) is 26.3. The van der Waals surface area contributed by atoms with Gasteiger partial charge in [0.05, 0.1) is 17.9 Å². The van der Waals surface area contributed by atoms with Gasteiger partial charge in [-0.2, -0.15) is 0 Å². The largest absolute Gasteiger partial charge is 0.473 e. The molecular weight excluding hydrogens is 507 g/mol. The van der Waals surface area contributed by atoms with Crippen molar-refractivity contribution in [2.75, 3.05) is 52.9 Å². The Hall–Kier alpha value is -1.87. The third kappa shape index (κ3) is 12.6. The van der Waals surface area contributed by atoms with Crippen LogP contribution in [0, 0.1) is 0 Å². The topological polar surface area (TPSA) is 190 Å². The van der Waals surface area contributed by atoms with Crippen molar-refractivity contribution >= 4 is 49.5 Å². The van der Waals surface area contributed by atoms with E-state index in [0.29, 0.717) is 12.2 Å². The van der Waals surface area contributed by atoms with Gasteiger partial charge in [0.1, 0.15) is 13.0 Å². The number of imide groups is 1. The molecule has 1 aliphatic heterocycles. The summed E-state index contributed by atoms with van der Waals surface area (Å²) < 4.78 is 25.0. The normalized spacial score (nSPS) is 18.3. The van der Waals surface area contributed by atoms with Crippen molar-refractivity contribution in [1.29, 1.82) is 0 Å². The Balaban J connectivity index is 2.11. The van der Waals surface area contributed by atoms with Crippen LogP contribution < -0.4 is 16.0 Å². The number of phosphoric acid groups is 1. The van der Waals surface area contributed by atoms with E-state index in [1.807, 2.05) is 0 Å². The fourth-order valence-corrected chi connectivity index (χ4v) is 4.31. The molecule has 14 nitrogen and oxygen atoms in total. The van der Waals surface area contributed by atoms with Crippen LogP contribution in [0.5, 0.6) is 0 Å². The zero-order valence-electron chi connectivity index (χ0n) is 19.7. The van der Waals surface area contributed by atoms with E-state index in [1.54, 1.807) is 7.05 Å². The first-order chi connectivity index (χ1) is 16.6. The average Bonchev–Trinajstić information content (AvgIpc) is 3.09. The number of nitrogens with zero attached hydrogens (tertiary/aromatic N) is 1. The number of hydrogen-bond acceptors (Lipinski definition) is 11. The molecular formula is C19H33N4O10PS. The molecule has 1 rings (SSSR count). The summed E-state index contributed by atoms with van der Waals surface area (Å²) in [5, 5.41) is 7.18. The average molecular weight is 541 g/mol. The van der Waals surface area contributed by atoms with Crippen molar-refractivity contribution in [3.05, 3.63) is 0 Å². The molecule has 1 aliphatic rings. The standard InChI is InChI=1S/C19H33N4O10PS/c1-20-14(11-24)12-35-15-10-18(27)23(19(15)28)7-5-17(26)21-6-9-32-8-3-4-16(25)22-13-33-34(29,30)31-2/h11,14-15,20H,3-10,12-13H2,1-2H3,(H,21,26)(H,22,25)(H,29,30). The summed E-state index contributed by atoms with van der Waals surface area (Å²) in [6, 6.07) is -0.397. The molecule has 0 radical (unpaired) electrons. The Bertz CT molecular complexity index is 787.